The lowest BCUT2D eigenvalue weighted by molar-refractivity contribution is 0.0694. The van der Waals surface area contributed by atoms with Gasteiger partial charge in [-0.1, -0.05) is 0 Å². The predicted molar refractivity (Wildman–Crippen MR) is 81.4 cm³/mol. The molecular formula is C16H19N3O4. The number of aromatic nitrogens is 2. The second kappa shape index (κ2) is 5.57. The number of aromatic carboxylic acids is 1. The smallest absolute Gasteiger partial charge is 0.339 e. The molecule has 1 saturated carbocycles. The summed E-state index contributed by atoms with van der Waals surface area (Å²) in [5, 5.41) is 13.3. The van der Waals surface area contributed by atoms with E-state index in [1.54, 1.807) is 24.9 Å². The fourth-order valence-electron chi connectivity index (χ4n) is 2.80. The number of carboxylic acids is 1. The van der Waals surface area contributed by atoms with Crippen LogP contribution in [0.3, 0.4) is 0 Å². The van der Waals surface area contributed by atoms with Crippen LogP contribution in [-0.4, -0.2) is 38.7 Å². The molecule has 0 aromatic carbocycles. The molecule has 1 aliphatic carbocycles. The van der Waals surface area contributed by atoms with Gasteiger partial charge in [-0.3, -0.25) is 9.48 Å². The van der Waals surface area contributed by atoms with Gasteiger partial charge in [-0.25, -0.2) is 4.79 Å². The Morgan fingerprint density at radius 1 is 1.43 bits per heavy atom. The number of carbonyl (C=O) groups excluding carboxylic acids is 1. The molecule has 0 aliphatic heterocycles. The van der Waals surface area contributed by atoms with E-state index in [0.29, 0.717) is 23.0 Å². The van der Waals surface area contributed by atoms with Gasteiger partial charge in [0.15, 0.2) is 0 Å². The average Bonchev–Trinajstić information content (AvgIpc) is 3.15. The second-order valence-corrected chi connectivity index (χ2v) is 5.99. The highest BCUT2D eigenvalue weighted by molar-refractivity contribution is 5.95. The second-order valence-electron chi connectivity index (χ2n) is 5.99. The number of amides is 1. The minimum absolute atomic E-state index is 0.126. The van der Waals surface area contributed by atoms with E-state index in [9.17, 15) is 9.59 Å². The molecule has 0 bridgehead atoms. The molecule has 1 fully saturated rings. The Kier molecular flexibility index (Phi) is 3.71. The number of furan rings is 1. The first-order chi connectivity index (χ1) is 10.9. The number of rotatable bonds is 5. The third kappa shape index (κ3) is 2.86. The van der Waals surface area contributed by atoms with Crippen molar-refractivity contribution >= 4 is 11.9 Å². The van der Waals surface area contributed by atoms with Gasteiger partial charge in [0.2, 0.25) is 0 Å². The Morgan fingerprint density at radius 2 is 2.13 bits per heavy atom. The highest BCUT2D eigenvalue weighted by Gasteiger charge is 2.32. The summed E-state index contributed by atoms with van der Waals surface area (Å²) < 4.78 is 7.19. The van der Waals surface area contributed by atoms with Crippen molar-refractivity contribution in [2.24, 2.45) is 7.05 Å². The van der Waals surface area contributed by atoms with Crippen molar-refractivity contribution in [3.8, 4) is 0 Å². The van der Waals surface area contributed by atoms with Gasteiger partial charge < -0.3 is 14.4 Å². The van der Waals surface area contributed by atoms with E-state index in [2.05, 4.69) is 5.10 Å². The van der Waals surface area contributed by atoms with Gasteiger partial charge in [0.05, 0.1) is 24.0 Å². The van der Waals surface area contributed by atoms with Crippen LogP contribution in [0.5, 0.6) is 0 Å². The zero-order chi connectivity index (χ0) is 16.7. The SMILES string of the molecule is Cc1oc(CN(C)C(=O)c2cnn(C)c2C2CC2)cc1C(=O)O. The fraction of sp³-hybridized carbons (Fsp3) is 0.438. The normalized spacial score (nSPS) is 14.0. The molecule has 2 heterocycles. The molecule has 0 atom stereocenters. The fourth-order valence-corrected chi connectivity index (χ4v) is 2.80. The molecule has 7 nitrogen and oxygen atoms in total. The Morgan fingerprint density at radius 3 is 2.70 bits per heavy atom. The molecule has 7 heteroatoms. The predicted octanol–water partition coefficient (Wildman–Crippen LogP) is 2.17. The largest absolute Gasteiger partial charge is 0.478 e. The molecule has 0 saturated heterocycles. The van der Waals surface area contributed by atoms with E-state index in [0.717, 1.165) is 18.5 Å². The van der Waals surface area contributed by atoms with E-state index in [4.69, 9.17) is 9.52 Å². The quantitative estimate of drug-likeness (QED) is 0.913. The van der Waals surface area contributed by atoms with Crippen molar-refractivity contribution in [3.63, 3.8) is 0 Å². The molecule has 23 heavy (non-hydrogen) atoms. The summed E-state index contributed by atoms with van der Waals surface area (Å²) in [5.74, 6) is 0.0426. The van der Waals surface area contributed by atoms with Gasteiger partial charge in [0, 0.05) is 20.0 Å². The Balaban J connectivity index is 1.78. The average molecular weight is 317 g/mol. The third-order valence-corrected chi connectivity index (χ3v) is 4.12. The van der Waals surface area contributed by atoms with E-state index in [-0.39, 0.29) is 18.0 Å². The number of carbonyl (C=O) groups is 2. The van der Waals surface area contributed by atoms with Crippen molar-refractivity contribution in [3.05, 3.63) is 40.6 Å². The Bertz CT molecular complexity index is 770. The van der Waals surface area contributed by atoms with Crippen LogP contribution in [0.25, 0.3) is 0 Å². The maximum absolute atomic E-state index is 12.7. The number of carboxylic acid groups (broad SMARTS) is 1. The van der Waals surface area contributed by atoms with Crippen molar-refractivity contribution in [2.45, 2.75) is 32.2 Å². The lowest BCUT2D eigenvalue weighted by atomic mass is 10.1. The molecule has 122 valence electrons. The zero-order valence-electron chi connectivity index (χ0n) is 13.4. The van der Waals surface area contributed by atoms with Gasteiger partial charge >= 0.3 is 5.97 Å². The van der Waals surface area contributed by atoms with Crippen molar-refractivity contribution in [2.75, 3.05) is 7.05 Å². The van der Waals surface area contributed by atoms with Gasteiger partial charge in [0.1, 0.15) is 17.1 Å². The molecule has 2 aromatic rings. The Labute approximate surface area is 133 Å². The van der Waals surface area contributed by atoms with Crippen LogP contribution in [0.1, 0.15) is 56.7 Å². The summed E-state index contributed by atoms with van der Waals surface area (Å²) in [6.07, 6.45) is 3.77. The van der Waals surface area contributed by atoms with Crippen molar-refractivity contribution in [1.29, 1.82) is 0 Å². The highest BCUT2D eigenvalue weighted by Crippen LogP contribution is 2.41. The Hall–Kier alpha value is -2.57. The summed E-state index contributed by atoms with van der Waals surface area (Å²) in [7, 11) is 3.52. The number of nitrogens with zero attached hydrogens (tertiary/aromatic N) is 3. The van der Waals surface area contributed by atoms with Crippen LogP contribution >= 0.6 is 0 Å². The van der Waals surface area contributed by atoms with Crippen LogP contribution in [0, 0.1) is 6.92 Å². The van der Waals surface area contributed by atoms with Crippen LogP contribution in [0.2, 0.25) is 0 Å². The molecule has 3 rings (SSSR count). The monoisotopic (exact) mass is 317 g/mol. The van der Waals surface area contributed by atoms with Crippen LogP contribution in [-0.2, 0) is 13.6 Å². The van der Waals surface area contributed by atoms with Gasteiger partial charge in [-0.15, -0.1) is 0 Å². The summed E-state index contributed by atoms with van der Waals surface area (Å²) in [4.78, 5) is 25.2. The molecule has 0 unspecified atom stereocenters. The minimum Gasteiger partial charge on any atom is -0.478 e. The van der Waals surface area contributed by atoms with Crippen molar-refractivity contribution < 1.29 is 19.1 Å². The first kappa shape index (κ1) is 15.3. The number of hydrogen-bond acceptors (Lipinski definition) is 4. The lowest BCUT2D eigenvalue weighted by Crippen LogP contribution is -2.26. The van der Waals surface area contributed by atoms with E-state index >= 15 is 0 Å². The van der Waals surface area contributed by atoms with Crippen molar-refractivity contribution in [1.82, 2.24) is 14.7 Å². The molecule has 2 aromatic heterocycles. The molecular weight excluding hydrogens is 298 g/mol. The van der Waals surface area contributed by atoms with E-state index in [1.807, 2.05) is 7.05 Å². The summed E-state index contributed by atoms with van der Waals surface area (Å²) >= 11 is 0. The molecule has 1 N–H and O–H groups in total. The first-order valence-electron chi connectivity index (χ1n) is 7.48. The maximum Gasteiger partial charge on any atom is 0.339 e. The molecule has 0 spiro atoms. The summed E-state index contributed by atoms with van der Waals surface area (Å²) in [5.41, 5.74) is 1.71. The van der Waals surface area contributed by atoms with E-state index < -0.39 is 5.97 Å². The van der Waals surface area contributed by atoms with Gasteiger partial charge in [-0.05, 0) is 25.8 Å². The topological polar surface area (TPSA) is 88.6 Å². The lowest BCUT2D eigenvalue weighted by Gasteiger charge is -2.16. The summed E-state index contributed by atoms with van der Waals surface area (Å²) in [6, 6.07) is 1.46. The number of aryl methyl sites for hydroxylation is 2. The first-order valence-corrected chi connectivity index (χ1v) is 7.48. The van der Waals surface area contributed by atoms with E-state index in [1.165, 1.54) is 11.0 Å². The number of hydrogen-bond donors (Lipinski definition) is 1. The molecule has 1 amide bonds. The standard InChI is InChI=1S/C16H19N3O4/c1-9-12(16(21)22)6-11(23-9)8-18(2)15(20)13-7-17-19(3)14(13)10-4-5-10/h6-7,10H,4-5,8H2,1-3H3,(H,21,22). The third-order valence-electron chi connectivity index (χ3n) is 4.12. The molecule has 0 radical (unpaired) electrons. The molecule has 1 aliphatic rings. The van der Waals surface area contributed by atoms with Crippen LogP contribution in [0.4, 0.5) is 0 Å². The highest BCUT2D eigenvalue weighted by atomic mass is 16.4. The minimum atomic E-state index is -1.03. The zero-order valence-corrected chi connectivity index (χ0v) is 13.4. The van der Waals surface area contributed by atoms with Crippen LogP contribution in [0.15, 0.2) is 16.7 Å². The van der Waals surface area contributed by atoms with Crippen LogP contribution < -0.4 is 0 Å². The maximum atomic E-state index is 12.7. The summed E-state index contributed by atoms with van der Waals surface area (Å²) in [6.45, 7) is 1.81. The van der Waals surface area contributed by atoms with Gasteiger partial charge in [0.25, 0.3) is 5.91 Å². The van der Waals surface area contributed by atoms with Gasteiger partial charge in [-0.2, -0.15) is 5.10 Å².